The summed E-state index contributed by atoms with van der Waals surface area (Å²) in [7, 11) is 0. The molecule has 2 heterocycles. The summed E-state index contributed by atoms with van der Waals surface area (Å²) in [6, 6.07) is 0. The van der Waals surface area contributed by atoms with Crippen molar-refractivity contribution >= 4 is 41.6 Å². The van der Waals surface area contributed by atoms with Gasteiger partial charge in [-0.25, -0.2) is 0 Å². The monoisotopic (exact) mass is 474 g/mol. The second-order valence-corrected chi connectivity index (χ2v) is 8.20. The van der Waals surface area contributed by atoms with Crippen LogP contribution in [-0.2, 0) is 33.6 Å². The van der Waals surface area contributed by atoms with Gasteiger partial charge in [-0.15, -0.1) is 0 Å². The number of amides is 5. The quantitative estimate of drug-likeness (QED) is 0.131. The number of ketones is 1. The minimum Gasteiger partial charge on any atom is -0.354 e. The van der Waals surface area contributed by atoms with Gasteiger partial charge in [0.1, 0.15) is 6.29 Å². The number of carbonyl (C=O) groups excluding carboxylic acids is 7. The maximum absolute atomic E-state index is 12.9. The molecule has 0 aromatic heterocycles. The summed E-state index contributed by atoms with van der Waals surface area (Å²) in [6.45, 7) is 0.467. The lowest BCUT2D eigenvalue weighted by molar-refractivity contribution is -0.139. The van der Waals surface area contributed by atoms with Gasteiger partial charge in [-0.1, -0.05) is 6.42 Å². The van der Waals surface area contributed by atoms with Crippen molar-refractivity contribution in [1.29, 1.82) is 0 Å². The average molecular weight is 475 g/mol. The van der Waals surface area contributed by atoms with E-state index < -0.39 is 29.0 Å². The Morgan fingerprint density at radius 1 is 0.824 bits per heavy atom. The summed E-state index contributed by atoms with van der Waals surface area (Å²) in [5.74, 6) is -2.65. The van der Waals surface area contributed by atoms with Crippen LogP contribution in [-0.4, -0.2) is 76.6 Å². The van der Waals surface area contributed by atoms with Crippen LogP contribution in [0.5, 0.6) is 0 Å². The van der Waals surface area contributed by atoms with E-state index in [4.69, 9.17) is 5.73 Å². The molecule has 0 saturated carbocycles. The Balaban J connectivity index is 1.84. The van der Waals surface area contributed by atoms with Crippen molar-refractivity contribution in [3.8, 4) is 0 Å². The smallest absolute Gasteiger partial charge is 0.253 e. The van der Waals surface area contributed by atoms with E-state index in [9.17, 15) is 33.6 Å². The first kappa shape index (κ1) is 26.8. The van der Waals surface area contributed by atoms with E-state index >= 15 is 0 Å². The molecular formula is C23H30N4O7. The zero-order valence-electron chi connectivity index (χ0n) is 19.0. The molecule has 2 aliphatic heterocycles. The molecule has 184 valence electrons. The molecule has 2 rings (SSSR count). The van der Waals surface area contributed by atoms with Gasteiger partial charge in [-0.2, -0.15) is 0 Å². The van der Waals surface area contributed by atoms with Crippen molar-refractivity contribution in [2.45, 2.75) is 56.9 Å². The van der Waals surface area contributed by atoms with E-state index in [1.165, 1.54) is 24.3 Å². The van der Waals surface area contributed by atoms with Gasteiger partial charge in [-0.05, 0) is 32.1 Å². The van der Waals surface area contributed by atoms with Gasteiger partial charge in [0, 0.05) is 56.8 Å². The fraction of sp³-hybridized carbons (Fsp3) is 0.522. The molecule has 11 heteroatoms. The lowest BCUT2D eigenvalue weighted by Gasteiger charge is -2.27. The number of hydrogen-bond acceptors (Lipinski definition) is 8. The first-order chi connectivity index (χ1) is 16.2. The van der Waals surface area contributed by atoms with Gasteiger partial charge in [0.25, 0.3) is 23.6 Å². The number of aldehydes is 1. The standard InChI is InChI=1S/C23H30N4O7/c24-23(22(34)25-13-6-16-28,12-3-5-15-27-20(32)10-11-21(27)33)17(29)7-2-1-4-14-26-18(30)8-9-19(26)31/h8-11,16H,1-7,12-15,24H2,(H,25,34). The molecule has 34 heavy (non-hydrogen) atoms. The van der Waals surface area contributed by atoms with Gasteiger partial charge in [0.15, 0.2) is 11.3 Å². The molecule has 1 atom stereocenters. The fourth-order valence-corrected chi connectivity index (χ4v) is 3.71. The predicted molar refractivity (Wildman–Crippen MR) is 120 cm³/mol. The third kappa shape index (κ3) is 7.01. The lowest BCUT2D eigenvalue weighted by Crippen LogP contribution is -2.59. The molecule has 0 saturated heterocycles. The summed E-state index contributed by atoms with van der Waals surface area (Å²) in [5.41, 5.74) is 4.45. The van der Waals surface area contributed by atoms with Crippen LogP contribution >= 0.6 is 0 Å². The maximum Gasteiger partial charge on any atom is 0.253 e. The largest absolute Gasteiger partial charge is 0.354 e. The van der Waals surface area contributed by atoms with Crippen LogP contribution < -0.4 is 11.1 Å². The van der Waals surface area contributed by atoms with Crippen molar-refractivity contribution in [1.82, 2.24) is 15.1 Å². The van der Waals surface area contributed by atoms with Crippen molar-refractivity contribution < 1.29 is 33.6 Å². The van der Waals surface area contributed by atoms with Gasteiger partial charge >= 0.3 is 0 Å². The van der Waals surface area contributed by atoms with Crippen LogP contribution in [0, 0.1) is 0 Å². The number of carbonyl (C=O) groups is 7. The number of hydrogen-bond donors (Lipinski definition) is 2. The summed E-state index contributed by atoms with van der Waals surface area (Å²) in [6.07, 6.45) is 7.77. The number of rotatable bonds is 16. The molecule has 5 amide bonds. The molecule has 0 bridgehead atoms. The predicted octanol–water partition coefficient (Wildman–Crippen LogP) is -0.461. The minimum atomic E-state index is -1.80. The van der Waals surface area contributed by atoms with E-state index in [1.54, 1.807) is 0 Å². The maximum atomic E-state index is 12.9. The Hall–Kier alpha value is -3.47. The summed E-state index contributed by atoms with van der Waals surface area (Å²) >= 11 is 0. The summed E-state index contributed by atoms with van der Waals surface area (Å²) in [4.78, 5) is 84.7. The molecule has 3 N–H and O–H groups in total. The van der Waals surface area contributed by atoms with Gasteiger partial charge in [-0.3, -0.25) is 38.6 Å². The highest BCUT2D eigenvalue weighted by atomic mass is 16.2. The zero-order valence-corrected chi connectivity index (χ0v) is 19.0. The van der Waals surface area contributed by atoms with E-state index in [1.807, 2.05) is 0 Å². The Morgan fingerprint density at radius 3 is 1.82 bits per heavy atom. The van der Waals surface area contributed by atoms with Gasteiger partial charge in [0.2, 0.25) is 5.91 Å². The average Bonchev–Trinajstić information content (AvgIpc) is 3.30. The number of Topliss-reactive ketones (excluding diaryl/α,β-unsaturated/α-hetero) is 1. The summed E-state index contributed by atoms with van der Waals surface area (Å²) < 4.78 is 0. The van der Waals surface area contributed by atoms with Crippen LogP contribution in [0.25, 0.3) is 0 Å². The van der Waals surface area contributed by atoms with Gasteiger partial charge in [0.05, 0.1) is 0 Å². The van der Waals surface area contributed by atoms with Crippen molar-refractivity contribution in [2.75, 3.05) is 19.6 Å². The molecule has 2 aliphatic rings. The van der Waals surface area contributed by atoms with E-state index in [0.29, 0.717) is 38.4 Å². The molecule has 0 aromatic rings. The molecule has 11 nitrogen and oxygen atoms in total. The Kier molecular flexibility index (Phi) is 9.99. The molecule has 0 fully saturated rings. The van der Waals surface area contributed by atoms with Crippen molar-refractivity contribution in [3.63, 3.8) is 0 Å². The molecule has 0 aliphatic carbocycles. The Bertz CT molecular complexity index is 875. The highest BCUT2D eigenvalue weighted by Crippen LogP contribution is 2.19. The van der Waals surface area contributed by atoms with Crippen LogP contribution in [0.1, 0.15) is 51.4 Å². The van der Waals surface area contributed by atoms with Crippen LogP contribution in [0.4, 0.5) is 0 Å². The minimum absolute atomic E-state index is 0.0187. The SMILES string of the molecule is NC(CCCCN1C(=O)C=CC1=O)(C(=O)CCCCCN1C(=O)C=CC1=O)C(=O)NCCC=O. The number of unbranched alkanes of at least 4 members (excludes halogenated alkanes) is 3. The molecule has 0 radical (unpaired) electrons. The Labute approximate surface area is 197 Å². The number of nitrogens with two attached hydrogens (primary N) is 1. The lowest BCUT2D eigenvalue weighted by atomic mass is 9.85. The second kappa shape index (κ2) is 12.7. The van der Waals surface area contributed by atoms with E-state index in [-0.39, 0.29) is 50.7 Å². The van der Waals surface area contributed by atoms with Gasteiger partial charge < -0.3 is 15.8 Å². The number of nitrogens with one attached hydrogen (secondary N) is 1. The topological polar surface area (TPSA) is 164 Å². The van der Waals surface area contributed by atoms with E-state index in [0.717, 1.165) is 9.80 Å². The first-order valence-electron chi connectivity index (χ1n) is 11.3. The Morgan fingerprint density at radius 2 is 1.32 bits per heavy atom. The van der Waals surface area contributed by atoms with Crippen LogP contribution in [0.3, 0.4) is 0 Å². The molecular weight excluding hydrogens is 444 g/mol. The number of nitrogens with zero attached hydrogens (tertiary/aromatic N) is 2. The zero-order chi connectivity index (χ0) is 25.1. The highest BCUT2D eigenvalue weighted by molar-refractivity contribution is 6.13. The van der Waals surface area contributed by atoms with Crippen molar-refractivity contribution in [3.05, 3.63) is 24.3 Å². The highest BCUT2D eigenvalue weighted by Gasteiger charge is 2.40. The third-order valence-electron chi connectivity index (χ3n) is 5.74. The van der Waals surface area contributed by atoms with Crippen LogP contribution in [0.2, 0.25) is 0 Å². The van der Waals surface area contributed by atoms with E-state index in [2.05, 4.69) is 5.32 Å². The fourth-order valence-electron chi connectivity index (χ4n) is 3.71. The van der Waals surface area contributed by atoms with Crippen molar-refractivity contribution in [2.24, 2.45) is 5.73 Å². The normalized spacial score (nSPS) is 17.0. The molecule has 0 spiro atoms. The molecule has 0 aromatic carbocycles. The first-order valence-corrected chi connectivity index (χ1v) is 11.3. The third-order valence-corrected chi connectivity index (χ3v) is 5.74. The molecule has 1 unspecified atom stereocenters. The number of imide groups is 2. The summed E-state index contributed by atoms with van der Waals surface area (Å²) in [5, 5.41) is 2.52. The second-order valence-electron chi connectivity index (χ2n) is 8.20. The van der Waals surface area contributed by atoms with Crippen LogP contribution in [0.15, 0.2) is 24.3 Å².